The molecule has 0 spiro atoms. The number of aryl methyl sites for hydroxylation is 1. The van der Waals surface area contributed by atoms with Crippen LogP contribution in [0, 0.1) is 0 Å². The first-order valence-electron chi connectivity index (χ1n) is 23.6. The molecule has 2 aliphatic heterocycles. The molecule has 0 bridgehead atoms. The van der Waals surface area contributed by atoms with Gasteiger partial charge in [-0.25, -0.2) is 25.3 Å². The van der Waals surface area contributed by atoms with Gasteiger partial charge in [-0.05, 0) is 132 Å². The number of hydrogen-bond donors (Lipinski definition) is 1. The molecule has 2 heterocycles. The van der Waals surface area contributed by atoms with Crippen molar-refractivity contribution in [2.45, 2.75) is 96.6 Å². The zero-order chi connectivity index (χ0) is 56.8. The quantitative estimate of drug-likeness (QED) is 0.00746. The number of anilines is 1. The third-order valence-electron chi connectivity index (χ3n) is 13.3. The van der Waals surface area contributed by atoms with Gasteiger partial charge < -0.3 is 39.4 Å². The zero-order valence-electron chi connectivity index (χ0n) is 46.9. The summed E-state index contributed by atoms with van der Waals surface area (Å²) in [6.45, 7) is 7.75. The average Bonchev–Trinajstić information content (AvgIpc) is 2.14. The molecule has 0 radical (unpaired) electrons. The number of hydrogen-bond acceptors (Lipinski definition) is 23. The molecule has 0 atom stereocenters. The number of allylic oxidation sites excluding steroid dienone is 6. The molecule has 0 aliphatic carbocycles. The molecule has 7 rings (SSSR count). The number of carboxylic acids is 1. The average molecular weight is 1310 g/mol. The molecular formula is C50H49N2Na5O20S6. The van der Waals surface area contributed by atoms with E-state index in [-0.39, 0.29) is 188 Å². The van der Waals surface area contributed by atoms with Gasteiger partial charge in [-0.2, -0.15) is 17.6 Å². The number of unbranched alkanes of at least 4 members (excludes halogenated alkanes) is 1. The van der Waals surface area contributed by atoms with Crippen molar-refractivity contribution in [3.63, 3.8) is 0 Å². The first kappa shape index (κ1) is 79.3. The fourth-order valence-electron chi connectivity index (χ4n) is 10.2. The van der Waals surface area contributed by atoms with E-state index < -0.39 is 62.7 Å². The van der Waals surface area contributed by atoms with E-state index in [1.807, 2.05) is 74.8 Å². The van der Waals surface area contributed by atoms with Crippen molar-refractivity contribution < 1.29 is 245 Å². The van der Waals surface area contributed by atoms with Crippen molar-refractivity contribution in [2.24, 2.45) is 0 Å². The van der Waals surface area contributed by atoms with E-state index in [1.54, 1.807) is 29.2 Å². The van der Waals surface area contributed by atoms with Gasteiger partial charge in [0.1, 0.15) is 26.8 Å². The Balaban J connectivity index is 0.00000470. The summed E-state index contributed by atoms with van der Waals surface area (Å²) in [6.07, 6.45) is 9.13. The number of carbonyl (C=O) groups is 1. The fourth-order valence-corrected chi connectivity index (χ4v) is 13.4. The monoisotopic (exact) mass is 1300 g/mol. The van der Waals surface area contributed by atoms with Gasteiger partial charge in [-0.1, -0.05) is 50.3 Å². The fraction of sp³-hybridized carbons (Fsp3) is 0.320. The van der Waals surface area contributed by atoms with Crippen LogP contribution in [0.1, 0.15) is 82.1 Å². The smallest absolute Gasteiger partial charge is 0.748 e. The SMILES string of the molecule is CC1(C)C(/C=C/C(=C/C=C2/N(CCCS(=O)(=O)[O-])c3ccc4c(S(=O)(=O)[O-])cc(SOO[O-])cc4c3C2(C)C)c2cccc(CCCCC(=O)O)c2)=[N+](CCCSOO[O-])c2ccc3c(SOO[O-])cc(S(=O)(=O)[O-])cc3c21.[Na+].[Na+].[Na+].[Na+].[Na+]. The van der Waals surface area contributed by atoms with Gasteiger partial charge in [0.15, 0.2) is 5.71 Å². The minimum Gasteiger partial charge on any atom is -0.748 e. The summed E-state index contributed by atoms with van der Waals surface area (Å²) in [5.74, 6) is -1.34. The van der Waals surface area contributed by atoms with E-state index in [4.69, 9.17) is 0 Å². The van der Waals surface area contributed by atoms with Crippen LogP contribution < -0.4 is 168 Å². The summed E-state index contributed by atoms with van der Waals surface area (Å²) in [4.78, 5) is 12.1. The first-order valence-corrected chi connectivity index (χ1v) is 30.4. The second kappa shape index (κ2) is 34.6. The van der Waals surface area contributed by atoms with Crippen molar-refractivity contribution >= 4 is 117 Å². The van der Waals surface area contributed by atoms with Crippen LogP contribution in [0.4, 0.5) is 11.4 Å². The minimum atomic E-state index is -5.13. The standard InChI is InChI=1S/C50H54N2O20S6.5Na/c1-49(2)45(52(23-9-25-76(58,59)60)41-19-17-37-38(47(41)49)27-34(74-71-68-56)28-43(37)78(64,65)66)21-15-32(33-12-7-11-31(26-33)10-5-6-13-46(53)54)14-20-44-50(3,4)48-39-29-35(77(61,62)63)30-42(75-72-69-57)36(39)16-18-40(48)51(44)22-8-24-73-70-67-55;;;;;/h7,11-12,14-21,26-30H,5-6,8-10,13,22-25H2,1-4H3,(H6-,53,54,55,56,57,58,59,60,61,62,63,64,65,66);;;;;/q;5*+1/p-5. The predicted octanol–water partition coefficient (Wildman–Crippen LogP) is -9.03. The van der Waals surface area contributed by atoms with Gasteiger partial charge in [0, 0.05) is 87.2 Å². The van der Waals surface area contributed by atoms with E-state index in [9.17, 15) is 64.6 Å². The summed E-state index contributed by atoms with van der Waals surface area (Å²) in [6, 6.07) is 19.0. The van der Waals surface area contributed by atoms with Crippen LogP contribution in [0.5, 0.6) is 0 Å². The molecule has 0 fully saturated rings. The predicted molar refractivity (Wildman–Crippen MR) is 278 cm³/mol. The number of nitrogens with zero attached hydrogens (tertiary/aromatic N) is 2. The maximum Gasteiger partial charge on any atom is 1.00 e. The van der Waals surface area contributed by atoms with Gasteiger partial charge in [0.25, 0.3) is 0 Å². The van der Waals surface area contributed by atoms with Gasteiger partial charge in [-0.15, -0.1) is 0 Å². The van der Waals surface area contributed by atoms with E-state index in [2.05, 4.69) is 28.1 Å². The van der Waals surface area contributed by atoms with Gasteiger partial charge in [0.2, 0.25) is 5.69 Å². The van der Waals surface area contributed by atoms with E-state index >= 15 is 0 Å². The third kappa shape index (κ3) is 19.9. The first-order chi connectivity index (χ1) is 36.8. The Labute approximate surface area is 604 Å². The molecule has 0 unspecified atom stereocenters. The van der Waals surface area contributed by atoms with Gasteiger partial charge in [-0.3, -0.25) is 19.9 Å². The Bertz CT molecular complexity index is 3610. The van der Waals surface area contributed by atoms with Crippen LogP contribution in [0.2, 0.25) is 0 Å². The summed E-state index contributed by atoms with van der Waals surface area (Å²) in [5.41, 5.74) is 3.56. The Kier molecular flexibility index (Phi) is 33.0. The molecule has 22 nitrogen and oxygen atoms in total. The molecule has 33 heteroatoms. The van der Waals surface area contributed by atoms with E-state index in [0.29, 0.717) is 118 Å². The second-order valence-corrected chi connectivity index (χ2v) is 25.5. The Morgan fingerprint density at radius 3 is 2.01 bits per heavy atom. The number of aliphatic carboxylic acids is 1. The molecule has 5 aromatic carbocycles. The maximum absolute atomic E-state index is 12.7. The summed E-state index contributed by atoms with van der Waals surface area (Å²) in [5, 5.41) is 53.4. The second-order valence-electron chi connectivity index (χ2n) is 19.0. The van der Waals surface area contributed by atoms with E-state index in [1.165, 1.54) is 18.2 Å². The van der Waals surface area contributed by atoms with Gasteiger partial charge in [0.05, 0.1) is 49.4 Å². The maximum atomic E-state index is 12.7. The summed E-state index contributed by atoms with van der Waals surface area (Å²) < 4.78 is 127. The minimum absolute atomic E-state index is 0. The Morgan fingerprint density at radius 2 is 1.37 bits per heavy atom. The molecule has 0 saturated heterocycles. The zero-order valence-corrected chi connectivity index (χ0v) is 61.8. The van der Waals surface area contributed by atoms with Crippen molar-refractivity contribution in [3.8, 4) is 0 Å². The molecular weight excluding hydrogens is 1260 g/mol. The van der Waals surface area contributed by atoms with E-state index in [0.717, 1.165) is 29.7 Å². The van der Waals surface area contributed by atoms with Crippen LogP contribution >= 0.6 is 36.1 Å². The van der Waals surface area contributed by atoms with Crippen LogP contribution in [-0.2, 0) is 80.5 Å². The molecule has 0 aromatic heterocycles. The van der Waals surface area contributed by atoms with Crippen LogP contribution in [0.25, 0.3) is 27.1 Å². The van der Waals surface area contributed by atoms with Gasteiger partial charge >= 0.3 is 154 Å². The van der Waals surface area contributed by atoms with Crippen LogP contribution in [0.15, 0.2) is 122 Å². The molecule has 5 aromatic rings. The normalized spacial score (nSPS) is 15.1. The molecule has 83 heavy (non-hydrogen) atoms. The Morgan fingerprint density at radius 1 is 0.711 bits per heavy atom. The molecule has 1 N–H and O–H groups in total. The topological polar surface area (TPSA) is 340 Å². The summed E-state index contributed by atoms with van der Waals surface area (Å²) in [7, 11) is -14.9. The van der Waals surface area contributed by atoms with Crippen molar-refractivity contribution in [3.05, 3.63) is 125 Å². The van der Waals surface area contributed by atoms with Crippen molar-refractivity contribution in [1.29, 1.82) is 0 Å². The molecule has 420 valence electrons. The summed E-state index contributed by atoms with van der Waals surface area (Å²) >= 11 is 1.59. The number of benzene rings is 5. The molecule has 2 aliphatic rings. The Hall–Kier alpha value is 0.200. The van der Waals surface area contributed by atoms with Crippen LogP contribution in [-0.4, -0.2) is 84.9 Å². The van der Waals surface area contributed by atoms with Crippen LogP contribution in [0.3, 0.4) is 0 Å². The molecule has 0 amide bonds. The molecule has 0 saturated carbocycles. The number of carboxylic acid groups (broad SMARTS) is 1. The third-order valence-corrected chi connectivity index (χ3v) is 17.6. The largest absolute Gasteiger partial charge is 1.00 e. The number of rotatable bonds is 27. The van der Waals surface area contributed by atoms with Crippen molar-refractivity contribution in [1.82, 2.24) is 0 Å². The van der Waals surface area contributed by atoms with Crippen molar-refractivity contribution in [2.75, 3.05) is 29.5 Å². The number of fused-ring (bicyclic) bond motifs is 6.